The number of anilines is 1. The van der Waals surface area contributed by atoms with Crippen LogP contribution < -0.4 is 10.9 Å². The van der Waals surface area contributed by atoms with Crippen LogP contribution in [0.1, 0.15) is 32.3 Å². The van der Waals surface area contributed by atoms with Crippen molar-refractivity contribution < 1.29 is 23.0 Å². The fraction of sp³-hybridized carbons (Fsp3) is 0.435. The van der Waals surface area contributed by atoms with Gasteiger partial charge in [-0.3, -0.25) is 4.79 Å². The molecular formula is C23H27F3N4O3. The summed E-state index contributed by atoms with van der Waals surface area (Å²) in [7, 11) is 1.55. The monoisotopic (exact) mass is 464 g/mol. The lowest BCUT2D eigenvalue weighted by molar-refractivity contribution is -0.137. The summed E-state index contributed by atoms with van der Waals surface area (Å²) in [4.78, 5) is 21.5. The molecule has 0 amide bonds. The van der Waals surface area contributed by atoms with E-state index in [1.54, 1.807) is 7.05 Å². The Balaban J connectivity index is 0.00000149. The lowest BCUT2D eigenvalue weighted by atomic mass is 9.96. The van der Waals surface area contributed by atoms with Gasteiger partial charge >= 0.3 is 6.18 Å². The summed E-state index contributed by atoms with van der Waals surface area (Å²) in [6.45, 7) is 4.90. The third-order valence-corrected chi connectivity index (χ3v) is 5.36. The van der Waals surface area contributed by atoms with Crippen LogP contribution in [0.5, 0.6) is 0 Å². The fourth-order valence-electron chi connectivity index (χ4n) is 3.62. The van der Waals surface area contributed by atoms with Crippen molar-refractivity contribution >= 4 is 16.7 Å². The van der Waals surface area contributed by atoms with Crippen molar-refractivity contribution in [1.82, 2.24) is 14.5 Å². The molecule has 3 aromatic rings. The third kappa shape index (κ3) is 5.33. The molecule has 178 valence electrons. The van der Waals surface area contributed by atoms with Crippen LogP contribution in [0, 0.1) is 0 Å². The molecule has 2 aromatic heterocycles. The van der Waals surface area contributed by atoms with E-state index in [1.165, 1.54) is 29.2 Å². The second-order valence-electron chi connectivity index (χ2n) is 7.71. The van der Waals surface area contributed by atoms with Crippen LogP contribution in [0.3, 0.4) is 0 Å². The van der Waals surface area contributed by atoms with Crippen LogP contribution in [-0.2, 0) is 18.0 Å². The number of pyridine rings is 1. The van der Waals surface area contributed by atoms with Gasteiger partial charge in [-0.2, -0.15) is 13.2 Å². The van der Waals surface area contributed by atoms with E-state index in [2.05, 4.69) is 15.3 Å². The van der Waals surface area contributed by atoms with Crippen molar-refractivity contribution in [3.63, 3.8) is 0 Å². The topological polar surface area (TPSA) is 89.3 Å². The van der Waals surface area contributed by atoms with Gasteiger partial charge in [-0.15, -0.1) is 0 Å². The van der Waals surface area contributed by atoms with Crippen molar-refractivity contribution in [1.29, 1.82) is 0 Å². The minimum Gasteiger partial charge on any atom is -0.386 e. The first-order chi connectivity index (χ1) is 15.7. The van der Waals surface area contributed by atoms with Gasteiger partial charge in [0.05, 0.1) is 24.0 Å². The number of aliphatic hydroxyl groups is 1. The second kappa shape index (κ2) is 9.88. The zero-order valence-electron chi connectivity index (χ0n) is 18.7. The number of benzene rings is 1. The van der Waals surface area contributed by atoms with Gasteiger partial charge in [0.1, 0.15) is 16.8 Å². The van der Waals surface area contributed by atoms with E-state index in [-0.39, 0.29) is 29.9 Å². The van der Waals surface area contributed by atoms with E-state index in [0.717, 1.165) is 18.6 Å². The zero-order chi connectivity index (χ0) is 24.2. The highest BCUT2D eigenvalue weighted by molar-refractivity contribution is 5.98. The van der Waals surface area contributed by atoms with Crippen molar-refractivity contribution in [2.24, 2.45) is 7.05 Å². The average Bonchev–Trinajstić information content (AvgIpc) is 2.81. The summed E-state index contributed by atoms with van der Waals surface area (Å²) >= 11 is 0. The van der Waals surface area contributed by atoms with Gasteiger partial charge in [0.15, 0.2) is 0 Å². The highest BCUT2D eigenvalue weighted by atomic mass is 19.4. The number of ether oxygens (including phenoxy) is 1. The maximum Gasteiger partial charge on any atom is 0.416 e. The number of hydrogen-bond donors (Lipinski definition) is 2. The quantitative estimate of drug-likeness (QED) is 0.607. The Morgan fingerprint density at radius 1 is 1.21 bits per heavy atom. The first kappa shape index (κ1) is 24.7. The molecule has 1 aliphatic heterocycles. The van der Waals surface area contributed by atoms with Crippen LogP contribution in [0.15, 0.2) is 41.6 Å². The number of fused-ring (bicyclic) bond motifs is 1. The first-order valence-electron chi connectivity index (χ1n) is 10.7. The van der Waals surface area contributed by atoms with Gasteiger partial charge in [0.25, 0.3) is 5.56 Å². The molecule has 1 unspecified atom stereocenters. The molecule has 7 nitrogen and oxygen atoms in total. The number of hydrogen-bond acceptors (Lipinski definition) is 6. The second-order valence-corrected chi connectivity index (χ2v) is 7.71. The minimum absolute atomic E-state index is 0.132. The molecule has 0 aliphatic carbocycles. The number of halogens is 3. The SMILES string of the molecule is CC.Cn1cnc2c(-c3ccc(C(F)(F)F)cc3)cnc(NCC3(O)CCCOC3)c2c1=O. The summed E-state index contributed by atoms with van der Waals surface area (Å²) in [5, 5.41) is 13.9. The fourth-order valence-corrected chi connectivity index (χ4v) is 3.62. The van der Waals surface area contributed by atoms with Gasteiger partial charge in [0.2, 0.25) is 0 Å². The molecule has 0 spiro atoms. The van der Waals surface area contributed by atoms with E-state index in [9.17, 15) is 23.1 Å². The number of aryl methyl sites for hydroxylation is 1. The van der Waals surface area contributed by atoms with Crippen LogP contribution >= 0.6 is 0 Å². The van der Waals surface area contributed by atoms with E-state index in [1.807, 2.05) is 13.8 Å². The van der Waals surface area contributed by atoms with E-state index >= 15 is 0 Å². The lowest BCUT2D eigenvalue weighted by Gasteiger charge is -2.32. The molecule has 0 bridgehead atoms. The molecule has 4 rings (SSSR count). The number of rotatable bonds is 4. The molecule has 0 radical (unpaired) electrons. The van der Waals surface area contributed by atoms with Crippen LogP contribution in [0.2, 0.25) is 0 Å². The lowest BCUT2D eigenvalue weighted by Crippen LogP contribution is -2.44. The Morgan fingerprint density at radius 2 is 1.91 bits per heavy atom. The normalized spacial score (nSPS) is 18.5. The van der Waals surface area contributed by atoms with E-state index in [4.69, 9.17) is 4.74 Å². The molecule has 33 heavy (non-hydrogen) atoms. The Kier molecular flexibility index (Phi) is 7.38. The molecule has 2 N–H and O–H groups in total. The maximum atomic E-state index is 12.9. The molecule has 1 aromatic carbocycles. The van der Waals surface area contributed by atoms with Crippen molar-refractivity contribution in [2.45, 2.75) is 38.5 Å². The number of nitrogens with one attached hydrogen (secondary N) is 1. The Labute approximate surface area is 189 Å². The van der Waals surface area contributed by atoms with E-state index in [0.29, 0.717) is 29.7 Å². The molecule has 1 atom stereocenters. The minimum atomic E-state index is -4.44. The highest BCUT2D eigenvalue weighted by Gasteiger charge is 2.31. The predicted octanol–water partition coefficient (Wildman–Crippen LogP) is 3.99. The highest BCUT2D eigenvalue weighted by Crippen LogP contribution is 2.33. The Morgan fingerprint density at radius 3 is 2.52 bits per heavy atom. The molecule has 3 heterocycles. The summed E-state index contributed by atoms with van der Waals surface area (Å²) in [6, 6.07) is 4.61. The van der Waals surface area contributed by atoms with Gasteiger partial charge in [-0.05, 0) is 30.5 Å². The maximum absolute atomic E-state index is 12.9. The molecule has 1 aliphatic rings. The third-order valence-electron chi connectivity index (χ3n) is 5.36. The van der Waals surface area contributed by atoms with Crippen LogP contribution in [0.4, 0.5) is 19.0 Å². The standard InChI is InChI=1S/C21H21F3N4O3.C2H6/c1-28-12-27-17-15(13-3-5-14(6-4-13)21(22,23)24)9-25-18(16(17)19(28)29)26-10-20(30)7-2-8-31-11-20;1-2/h3-6,9,12,30H,2,7-8,10-11H2,1H3,(H,25,26);1-2H3. The van der Waals surface area contributed by atoms with Crippen LogP contribution in [0.25, 0.3) is 22.0 Å². The summed E-state index contributed by atoms with van der Waals surface area (Å²) < 4.78 is 45.3. The summed E-state index contributed by atoms with van der Waals surface area (Å²) in [5.41, 5.74) is -0.999. The van der Waals surface area contributed by atoms with Gasteiger partial charge < -0.3 is 19.7 Å². The predicted molar refractivity (Wildman–Crippen MR) is 120 cm³/mol. The first-order valence-corrected chi connectivity index (χ1v) is 10.7. The van der Waals surface area contributed by atoms with Gasteiger partial charge in [-0.1, -0.05) is 26.0 Å². The number of alkyl halides is 3. The molecule has 1 saturated heterocycles. The molecule has 10 heteroatoms. The summed E-state index contributed by atoms with van der Waals surface area (Å²) in [5.74, 6) is 0.248. The Hall–Kier alpha value is -2.98. The van der Waals surface area contributed by atoms with Crippen molar-refractivity contribution in [3.8, 4) is 11.1 Å². The number of nitrogens with zero attached hydrogens (tertiary/aromatic N) is 3. The molecule has 0 saturated carbocycles. The number of aromatic nitrogens is 3. The zero-order valence-corrected chi connectivity index (χ0v) is 18.7. The largest absolute Gasteiger partial charge is 0.416 e. The van der Waals surface area contributed by atoms with Gasteiger partial charge in [0, 0.05) is 32.0 Å². The molecule has 1 fully saturated rings. The summed E-state index contributed by atoms with van der Waals surface area (Å²) in [6.07, 6.45) is -0.351. The van der Waals surface area contributed by atoms with Crippen LogP contribution in [-0.4, -0.2) is 45.0 Å². The van der Waals surface area contributed by atoms with Crippen molar-refractivity contribution in [3.05, 3.63) is 52.7 Å². The van der Waals surface area contributed by atoms with E-state index < -0.39 is 17.3 Å². The van der Waals surface area contributed by atoms with Gasteiger partial charge in [-0.25, -0.2) is 9.97 Å². The molecular weight excluding hydrogens is 437 g/mol. The Bertz CT molecular complexity index is 1150. The smallest absolute Gasteiger partial charge is 0.386 e. The average molecular weight is 464 g/mol. The van der Waals surface area contributed by atoms with Crippen molar-refractivity contribution in [2.75, 3.05) is 25.1 Å².